The van der Waals surface area contributed by atoms with Gasteiger partial charge in [0.1, 0.15) is 5.01 Å². The van der Waals surface area contributed by atoms with Gasteiger partial charge in [-0.2, -0.15) is 0 Å². The van der Waals surface area contributed by atoms with Crippen LogP contribution in [0.5, 0.6) is 11.5 Å². The van der Waals surface area contributed by atoms with Crippen molar-refractivity contribution in [2.75, 3.05) is 13.7 Å². The standard InChI is InChI=1S/C20H18N4O3S2/c1-3-26-16-7-6-13(9-17(16)25-2)19-22-15(11-28-19)12-29-20-24-23-18(27-20)14-5-4-8-21-10-14/h4-11H,3,12H2,1-2H3. The first-order chi connectivity index (χ1) is 14.3. The van der Waals surface area contributed by atoms with Crippen molar-refractivity contribution < 1.29 is 13.9 Å². The van der Waals surface area contributed by atoms with Crippen LogP contribution in [0.1, 0.15) is 12.6 Å². The fourth-order valence-corrected chi connectivity index (χ4v) is 4.17. The van der Waals surface area contributed by atoms with Gasteiger partial charge in [-0.3, -0.25) is 4.98 Å². The first-order valence-corrected chi connectivity index (χ1v) is 10.8. The Morgan fingerprint density at radius 2 is 2.07 bits per heavy atom. The Kier molecular flexibility index (Phi) is 6.06. The lowest BCUT2D eigenvalue weighted by Crippen LogP contribution is -1.95. The predicted molar refractivity (Wildman–Crippen MR) is 112 cm³/mol. The summed E-state index contributed by atoms with van der Waals surface area (Å²) in [6.07, 6.45) is 3.40. The highest BCUT2D eigenvalue weighted by Gasteiger charge is 2.12. The lowest BCUT2D eigenvalue weighted by molar-refractivity contribution is 0.311. The molecule has 7 nitrogen and oxygen atoms in total. The minimum atomic E-state index is 0.459. The van der Waals surface area contributed by atoms with E-state index >= 15 is 0 Å². The van der Waals surface area contributed by atoms with Crippen molar-refractivity contribution in [3.8, 4) is 33.5 Å². The maximum absolute atomic E-state index is 5.70. The summed E-state index contributed by atoms with van der Waals surface area (Å²) in [5.74, 6) is 2.52. The van der Waals surface area contributed by atoms with Crippen molar-refractivity contribution in [2.24, 2.45) is 0 Å². The molecule has 4 rings (SSSR count). The Bertz CT molecular complexity index is 1080. The second-order valence-corrected chi connectivity index (χ2v) is 7.63. The van der Waals surface area contributed by atoms with Crippen LogP contribution in [0.4, 0.5) is 0 Å². The number of methoxy groups -OCH3 is 1. The molecule has 3 heterocycles. The summed E-state index contributed by atoms with van der Waals surface area (Å²) in [6, 6.07) is 9.55. The molecule has 3 aromatic heterocycles. The van der Waals surface area contributed by atoms with E-state index < -0.39 is 0 Å². The number of aromatic nitrogens is 4. The fraction of sp³-hybridized carbons (Fsp3) is 0.200. The van der Waals surface area contributed by atoms with Gasteiger partial charge in [-0.15, -0.1) is 21.5 Å². The monoisotopic (exact) mass is 426 g/mol. The van der Waals surface area contributed by atoms with Crippen LogP contribution in [0.2, 0.25) is 0 Å². The summed E-state index contributed by atoms with van der Waals surface area (Å²) in [5.41, 5.74) is 2.74. The third-order valence-electron chi connectivity index (χ3n) is 3.92. The first kappa shape index (κ1) is 19.4. The number of hydrogen-bond acceptors (Lipinski definition) is 9. The largest absolute Gasteiger partial charge is 0.493 e. The molecule has 0 saturated carbocycles. The van der Waals surface area contributed by atoms with Crippen molar-refractivity contribution in [2.45, 2.75) is 17.9 Å². The van der Waals surface area contributed by atoms with Gasteiger partial charge < -0.3 is 13.9 Å². The molecule has 4 aromatic rings. The molecule has 0 unspecified atom stereocenters. The van der Waals surface area contributed by atoms with E-state index in [4.69, 9.17) is 18.9 Å². The summed E-state index contributed by atoms with van der Waals surface area (Å²) in [7, 11) is 1.63. The molecule has 0 atom stereocenters. The maximum atomic E-state index is 5.70. The van der Waals surface area contributed by atoms with Crippen LogP contribution in [0.25, 0.3) is 22.0 Å². The van der Waals surface area contributed by atoms with E-state index in [1.807, 2.05) is 42.6 Å². The van der Waals surface area contributed by atoms with Crippen LogP contribution in [-0.4, -0.2) is 33.9 Å². The lowest BCUT2D eigenvalue weighted by Gasteiger charge is -2.09. The van der Waals surface area contributed by atoms with Crippen molar-refractivity contribution >= 4 is 23.1 Å². The average molecular weight is 427 g/mol. The minimum absolute atomic E-state index is 0.459. The van der Waals surface area contributed by atoms with Gasteiger partial charge in [0.2, 0.25) is 5.89 Å². The van der Waals surface area contributed by atoms with E-state index in [0.717, 1.165) is 27.6 Å². The van der Waals surface area contributed by atoms with Crippen molar-refractivity contribution in [1.82, 2.24) is 20.2 Å². The highest BCUT2D eigenvalue weighted by molar-refractivity contribution is 7.98. The number of benzene rings is 1. The number of ether oxygens (including phenoxy) is 2. The normalized spacial score (nSPS) is 10.8. The van der Waals surface area contributed by atoms with Crippen LogP contribution in [-0.2, 0) is 5.75 Å². The molecular weight excluding hydrogens is 408 g/mol. The van der Waals surface area contributed by atoms with Gasteiger partial charge in [-0.05, 0) is 37.3 Å². The molecule has 0 spiro atoms. The zero-order valence-electron chi connectivity index (χ0n) is 15.9. The zero-order chi connectivity index (χ0) is 20.1. The average Bonchev–Trinajstić information content (AvgIpc) is 3.43. The highest BCUT2D eigenvalue weighted by Crippen LogP contribution is 2.34. The van der Waals surface area contributed by atoms with E-state index in [1.165, 1.54) is 11.8 Å². The number of thioether (sulfide) groups is 1. The molecule has 0 aliphatic heterocycles. The molecule has 0 aliphatic carbocycles. The number of rotatable bonds is 8. The number of hydrogen-bond donors (Lipinski definition) is 0. The topological polar surface area (TPSA) is 83.2 Å². The van der Waals surface area contributed by atoms with Gasteiger partial charge in [0.05, 0.1) is 25.0 Å². The van der Waals surface area contributed by atoms with E-state index in [0.29, 0.717) is 29.2 Å². The van der Waals surface area contributed by atoms with Crippen molar-refractivity contribution in [3.05, 3.63) is 53.8 Å². The van der Waals surface area contributed by atoms with Crippen molar-refractivity contribution in [1.29, 1.82) is 0 Å². The van der Waals surface area contributed by atoms with Gasteiger partial charge in [-0.25, -0.2) is 4.98 Å². The Labute approximate surface area is 176 Å². The highest BCUT2D eigenvalue weighted by atomic mass is 32.2. The van der Waals surface area contributed by atoms with Crippen LogP contribution < -0.4 is 9.47 Å². The summed E-state index contributed by atoms with van der Waals surface area (Å²) >= 11 is 3.04. The van der Waals surface area contributed by atoms with E-state index in [2.05, 4.69) is 15.2 Å². The molecule has 0 bridgehead atoms. The molecule has 0 N–H and O–H groups in total. The molecule has 1 aromatic carbocycles. The zero-order valence-corrected chi connectivity index (χ0v) is 17.5. The second-order valence-electron chi connectivity index (χ2n) is 5.85. The van der Waals surface area contributed by atoms with Crippen LogP contribution in [0.3, 0.4) is 0 Å². The van der Waals surface area contributed by atoms with E-state index in [9.17, 15) is 0 Å². The molecule has 0 fully saturated rings. The fourth-order valence-electron chi connectivity index (χ4n) is 2.59. The predicted octanol–water partition coefficient (Wildman–Crippen LogP) is 4.95. The quantitative estimate of drug-likeness (QED) is 0.366. The van der Waals surface area contributed by atoms with Gasteiger partial charge in [0, 0.05) is 29.1 Å². The van der Waals surface area contributed by atoms with Crippen LogP contribution in [0.15, 0.2) is 57.7 Å². The Morgan fingerprint density at radius 1 is 1.14 bits per heavy atom. The number of nitrogens with zero attached hydrogens (tertiary/aromatic N) is 4. The molecule has 9 heteroatoms. The molecular formula is C20H18N4O3S2. The van der Waals surface area contributed by atoms with E-state index in [1.54, 1.807) is 30.8 Å². The number of pyridine rings is 1. The van der Waals surface area contributed by atoms with Gasteiger partial charge in [0.25, 0.3) is 5.22 Å². The molecule has 29 heavy (non-hydrogen) atoms. The van der Waals surface area contributed by atoms with Crippen LogP contribution >= 0.6 is 23.1 Å². The molecule has 0 saturated heterocycles. The molecule has 0 amide bonds. The third kappa shape index (κ3) is 4.57. The lowest BCUT2D eigenvalue weighted by atomic mass is 10.2. The van der Waals surface area contributed by atoms with Gasteiger partial charge >= 0.3 is 0 Å². The van der Waals surface area contributed by atoms with Crippen molar-refractivity contribution in [3.63, 3.8) is 0 Å². The summed E-state index contributed by atoms with van der Waals surface area (Å²) in [6.45, 7) is 2.54. The Hall–Kier alpha value is -2.91. The molecule has 148 valence electrons. The SMILES string of the molecule is CCOc1ccc(-c2nc(CSc3nnc(-c4cccnc4)o3)cs2)cc1OC. The van der Waals surface area contributed by atoms with Gasteiger partial charge in [-0.1, -0.05) is 11.8 Å². The minimum Gasteiger partial charge on any atom is -0.493 e. The Balaban J connectivity index is 1.43. The van der Waals surface area contributed by atoms with E-state index in [-0.39, 0.29) is 0 Å². The third-order valence-corrected chi connectivity index (χ3v) is 5.71. The summed E-state index contributed by atoms with van der Waals surface area (Å²) < 4.78 is 16.7. The van der Waals surface area contributed by atoms with Crippen LogP contribution in [0, 0.1) is 0 Å². The second kappa shape index (κ2) is 9.06. The number of thiazole rings is 1. The molecule has 0 aliphatic rings. The maximum Gasteiger partial charge on any atom is 0.277 e. The van der Waals surface area contributed by atoms with Gasteiger partial charge in [0.15, 0.2) is 11.5 Å². The first-order valence-electron chi connectivity index (χ1n) is 8.89. The molecule has 0 radical (unpaired) electrons. The summed E-state index contributed by atoms with van der Waals surface area (Å²) in [4.78, 5) is 8.78. The smallest absolute Gasteiger partial charge is 0.277 e. The summed E-state index contributed by atoms with van der Waals surface area (Å²) in [5, 5.41) is 11.6. The Morgan fingerprint density at radius 3 is 2.86 bits per heavy atom.